The Morgan fingerprint density at radius 3 is 2.67 bits per heavy atom. The zero-order valence-corrected chi connectivity index (χ0v) is 14.5. The predicted molar refractivity (Wildman–Crippen MR) is 88.3 cm³/mol. The number of likely N-dealkylation sites (N-methyl/N-ethyl adjacent to an activating group) is 2. The highest BCUT2D eigenvalue weighted by molar-refractivity contribution is 5.84. The average Bonchev–Trinajstić information content (AvgIpc) is 2.73. The van der Waals surface area contributed by atoms with Crippen LogP contribution in [0.1, 0.15) is 46.5 Å². The Balaban J connectivity index is 2.34. The van der Waals surface area contributed by atoms with Gasteiger partial charge < -0.3 is 20.9 Å². The fourth-order valence-electron chi connectivity index (χ4n) is 3.27. The van der Waals surface area contributed by atoms with Gasteiger partial charge in [-0.1, -0.05) is 0 Å². The number of carbonyl (C=O) groups is 1. The Kier molecular flexibility index (Phi) is 7.10. The number of nitrogens with zero attached hydrogens (tertiary/aromatic N) is 2. The SMILES string of the molecule is CC(C)NC(C)(CCCN(C)CC1CCCN1C)C(N)=O. The van der Waals surface area contributed by atoms with Crippen molar-refractivity contribution in [3.63, 3.8) is 0 Å². The second-order valence-corrected chi connectivity index (χ2v) is 7.14. The first-order chi connectivity index (χ1) is 9.74. The Hall–Kier alpha value is -0.650. The van der Waals surface area contributed by atoms with E-state index in [1.54, 1.807) is 0 Å². The van der Waals surface area contributed by atoms with E-state index in [2.05, 4.69) is 29.2 Å². The summed E-state index contributed by atoms with van der Waals surface area (Å²) in [5.41, 5.74) is 4.97. The molecule has 0 saturated carbocycles. The summed E-state index contributed by atoms with van der Waals surface area (Å²) < 4.78 is 0. The second-order valence-electron chi connectivity index (χ2n) is 7.14. The summed E-state index contributed by atoms with van der Waals surface area (Å²) >= 11 is 0. The minimum atomic E-state index is -0.598. The Bertz CT molecular complexity index is 334. The molecule has 5 heteroatoms. The number of hydrogen-bond acceptors (Lipinski definition) is 4. The summed E-state index contributed by atoms with van der Waals surface area (Å²) in [6.45, 7) is 9.34. The molecule has 1 fully saturated rings. The number of likely N-dealkylation sites (tertiary alicyclic amines) is 1. The number of primary amides is 1. The van der Waals surface area contributed by atoms with E-state index in [9.17, 15) is 4.79 Å². The summed E-state index contributed by atoms with van der Waals surface area (Å²) in [5.74, 6) is -0.255. The van der Waals surface area contributed by atoms with Crippen LogP contribution in [0.25, 0.3) is 0 Å². The molecule has 3 N–H and O–H groups in total. The van der Waals surface area contributed by atoms with Crippen molar-refractivity contribution in [1.29, 1.82) is 0 Å². The van der Waals surface area contributed by atoms with Crippen LogP contribution in [-0.4, -0.2) is 67.1 Å². The Morgan fingerprint density at radius 2 is 2.19 bits per heavy atom. The van der Waals surface area contributed by atoms with Crippen molar-refractivity contribution < 1.29 is 4.79 Å². The topological polar surface area (TPSA) is 61.6 Å². The van der Waals surface area contributed by atoms with Crippen molar-refractivity contribution in [1.82, 2.24) is 15.1 Å². The molecule has 2 unspecified atom stereocenters. The van der Waals surface area contributed by atoms with Crippen LogP contribution in [0.3, 0.4) is 0 Å². The van der Waals surface area contributed by atoms with Crippen LogP contribution in [0.2, 0.25) is 0 Å². The maximum atomic E-state index is 11.7. The van der Waals surface area contributed by atoms with Crippen LogP contribution in [0.15, 0.2) is 0 Å². The molecule has 2 atom stereocenters. The number of rotatable bonds is 9. The van der Waals surface area contributed by atoms with Gasteiger partial charge in [0, 0.05) is 18.6 Å². The van der Waals surface area contributed by atoms with Crippen molar-refractivity contribution in [3.05, 3.63) is 0 Å². The molecule has 0 aliphatic carbocycles. The van der Waals surface area contributed by atoms with Gasteiger partial charge in [0.1, 0.15) is 0 Å². The molecule has 0 bridgehead atoms. The lowest BCUT2D eigenvalue weighted by Crippen LogP contribution is -2.55. The zero-order chi connectivity index (χ0) is 16.0. The first-order valence-electron chi connectivity index (χ1n) is 8.21. The molecular weight excluding hydrogens is 264 g/mol. The number of hydrogen-bond donors (Lipinski definition) is 2. The Labute approximate surface area is 130 Å². The summed E-state index contributed by atoms with van der Waals surface area (Å²) in [7, 11) is 4.38. The van der Waals surface area contributed by atoms with Crippen LogP contribution in [0.5, 0.6) is 0 Å². The van der Waals surface area contributed by atoms with Gasteiger partial charge in [0.05, 0.1) is 5.54 Å². The molecule has 21 heavy (non-hydrogen) atoms. The number of amides is 1. The molecule has 1 aliphatic heterocycles. The van der Waals surface area contributed by atoms with Crippen molar-refractivity contribution in [2.24, 2.45) is 5.73 Å². The van der Waals surface area contributed by atoms with E-state index in [4.69, 9.17) is 5.73 Å². The smallest absolute Gasteiger partial charge is 0.237 e. The molecule has 1 heterocycles. The maximum Gasteiger partial charge on any atom is 0.237 e. The number of nitrogens with two attached hydrogens (primary N) is 1. The summed E-state index contributed by atoms with van der Waals surface area (Å²) in [5, 5.41) is 3.31. The molecule has 1 aliphatic rings. The first-order valence-corrected chi connectivity index (χ1v) is 8.21. The van der Waals surface area contributed by atoms with E-state index >= 15 is 0 Å². The summed E-state index contributed by atoms with van der Waals surface area (Å²) in [6, 6.07) is 0.943. The number of carbonyl (C=O) groups excluding carboxylic acids is 1. The lowest BCUT2D eigenvalue weighted by molar-refractivity contribution is -0.124. The Morgan fingerprint density at radius 1 is 1.52 bits per heavy atom. The van der Waals surface area contributed by atoms with E-state index in [1.807, 2.05) is 20.8 Å². The van der Waals surface area contributed by atoms with E-state index in [-0.39, 0.29) is 11.9 Å². The molecule has 0 radical (unpaired) electrons. The average molecular weight is 298 g/mol. The molecule has 0 aromatic heterocycles. The van der Waals surface area contributed by atoms with Gasteiger partial charge in [-0.05, 0) is 73.6 Å². The van der Waals surface area contributed by atoms with Crippen molar-refractivity contribution >= 4 is 5.91 Å². The molecule has 0 spiro atoms. The maximum absolute atomic E-state index is 11.7. The van der Waals surface area contributed by atoms with Gasteiger partial charge in [-0.3, -0.25) is 4.79 Å². The van der Waals surface area contributed by atoms with Crippen molar-refractivity contribution in [2.45, 2.75) is 64.1 Å². The molecule has 124 valence electrons. The van der Waals surface area contributed by atoms with Crippen LogP contribution in [0.4, 0.5) is 0 Å². The first kappa shape index (κ1) is 18.4. The van der Waals surface area contributed by atoms with Crippen LogP contribution < -0.4 is 11.1 Å². The summed E-state index contributed by atoms with van der Waals surface area (Å²) in [4.78, 5) is 16.5. The van der Waals surface area contributed by atoms with E-state index in [1.165, 1.54) is 19.4 Å². The minimum absolute atomic E-state index is 0.255. The van der Waals surface area contributed by atoms with Crippen LogP contribution in [0, 0.1) is 0 Å². The molecule has 0 aromatic rings. The van der Waals surface area contributed by atoms with Gasteiger partial charge in [-0.15, -0.1) is 0 Å². The number of nitrogens with one attached hydrogen (secondary N) is 1. The fraction of sp³-hybridized carbons (Fsp3) is 0.938. The molecule has 1 amide bonds. The third-order valence-electron chi connectivity index (χ3n) is 4.56. The van der Waals surface area contributed by atoms with Gasteiger partial charge in [-0.2, -0.15) is 0 Å². The van der Waals surface area contributed by atoms with E-state index in [0.29, 0.717) is 6.04 Å². The second kappa shape index (κ2) is 8.11. The molecule has 1 saturated heterocycles. The molecule has 1 rings (SSSR count). The molecular formula is C16H34N4O. The van der Waals surface area contributed by atoms with Crippen LogP contribution >= 0.6 is 0 Å². The largest absolute Gasteiger partial charge is 0.368 e. The fourth-order valence-corrected chi connectivity index (χ4v) is 3.27. The van der Waals surface area contributed by atoms with Gasteiger partial charge in [0.15, 0.2) is 0 Å². The van der Waals surface area contributed by atoms with Gasteiger partial charge in [0.25, 0.3) is 0 Å². The normalized spacial score (nSPS) is 22.9. The third kappa shape index (κ3) is 5.93. The minimum Gasteiger partial charge on any atom is -0.368 e. The predicted octanol–water partition coefficient (Wildman–Crippen LogP) is 1.03. The highest BCUT2D eigenvalue weighted by Gasteiger charge is 2.31. The van der Waals surface area contributed by atoms with Crippen LogP contribution in [-0.2, 0) is 4.79 Å². The van der Waals surface area contributed by atoms with Gasteiger partial charge in [0.2, 0.25) is 5.91 Å². The summed E-state index contributed by atoms with van der Waals surface area (Å²) in [6.07, 6.45) is 4.37. The molecule has 5 nitrogen and oxygen atoms in total. The highest BCUT2D eigenvalue weighted by atomic mass is 16.1. The van der Waals surface area contributed by atoms with Gasteiger partial charge >= 0.3 is 0 Å². The quantitative estimate of drug-likeness (QED) is 0.667. The lowest BCUT2D eigenvalue weighted by Gasteiger charge is -2.31. The zero-order valence-electron chi connectivity index (χ0n) is 14.5. The highest BCUT2D eigenvalue weighted by Crippen LogP contribution is 2.17. The van der Waals surface area contributed by atoms with E-state index < -0.39 is 5.54 Å². The lowest BCUT2D eigenvalue weighted by atomic mass is 9.93. The molecule has 0 aromatic carbocycles. The van der Waals surface area contributed by atoms with E-state index in [0.717, 1.165) is 25.9 Å². The standard InChI is InChI=1S/C16H34N4O/c1-13(2)18-16(3,15(17)21)9-7-10-19(4)12-14-8-6-11-20(14)5/h13-14,18H,6-12H2,1-5H3,(H2,17,21). The monoisotopic (exact) mass is 298 g/mol. The van der Waals surface area contributed by atoms with Gasteiger partial charge in [-0.25, -0.2) is 0 Å². The van der Waals surface area contributed by atoms with Crippen molar-refractivity contribution in [2.75, 3.05) is 33.7 Å². The van der Waals surface area contributed by atoms with Crippen molar-refractivity contribution in [3.8, 4) is 0 Å². The third-order valence-corrected chi connectivity index (χ3v) is 4.56.